The van der Waals surface area contributed by atoms with Crippen molar-refractivity contribution in [1.29, 1.82) is 0 Å². The summed E-state index contributed by atoms with van der Waals surface area (Å²) in [5.74, 6) is -1.17. The van der Waals surface area contributed by atoms with Crippen LogP contribution in [0.4, 0.5) is 10.1 Å². The van der Waals surface area contributed by atoms with Gasteiger partial charge in [0.15, 0.2) is 0 Å². The maximum atomic E-state index is 14.8. The van der Waals surface area contributed by atoms with E-state index in [1.54, 1.807) is 19.2 Å². The smallest absolute Gasteiger partial charge is 0.215 e. The lowest BCUT2D eigenvalue weighted by Gasteiger charge is -2.17. The quantitative estimate of drug-likeness (QED) is 0.829. The van der Waals surface area contributed by atoms with Crippen LogP contribution in [0.15, 0.2) is 30.5 Å². The molecule has 2 rings (SSSR count). The molecule has 22 heavy (non-hydrogen) atoms. The predicted molar refractivity (Wildman–Crippen MR) is 85.6 cm³/mol. The topological polar surface area (TPSA) is 68.0 Å². The van der Waals surface area contributed by atoms with Gasteiger partial charge in [0.2, 0.25) is 5.78 Å². The molecule has 0 aliphatic rings. The molecule has 0 saturated carbocycles. The number of ketones is 1. The van der Waals surface area contributed by atoms with Crippen molar-refractivity contribution in [2.45, 2.75) is 19.4 Å². The molecule has 3 N–H and O–H groups in total. The summed E-state index contributed by atoms with van der Waals surface area (Å²) in [5.41, 5.74) is 6.32. The molecule has 6 heteroatoms. The predicted octanol–water partition coefficient (Wildman–Crippen LogP) is 3.36. The van der Waals surface area contributed by atoms with Crippen molar-refractivity contribution >= 4 is 23.1 Å². The van der Waals surface area contributed by atoms with Gasteiger partial charge in [0.25, 0.3) is 0 Å². The lowest BCUT2D eigenvalue weighted by Crippen LogP contribution is -2.19. The van der Waals surface area contributed by atoms with E-state index in [-0.39, 0.29) is 22.3 Å². The number of nitrogens with zero attached hydrogens (tertiary/aromatic N) is 1. The fraction of sp³-hybridized carbons (Fsp3) is 0.250. The second-order valence-corrected chi connectivity index (χ2v) is 5.29. The van der Waals surface area contributed by atoms with Crippen LogP contribution < -0.4 is 11.1 Å². The zero-order valence-corrected chi connectivity index (χ0v) is 13.1. The van der Waals surface area contributed by atoms with Gasteiger partial charge < -0.3 is 11.1 Å². The highest BCUT2D eigenvalue weighted by Crippen LogP contribution is 2.29. The summed E-state index contributed by atoms with van der Waals surface area (Å²) in [6.07, 6.45) is 2.04. The minimum absolute atomic E-state index is 0.0656. The number of carbonyl (C=O) groups excluding carboxylic acids is 1. The Labute approximate surface area is 133 Å². The Morgan fingerprint density at radius 2 is 2.14 bits per heavy atom. The maximum Gasteiger partial charge on any atom is 0.215 e. The maximum absolute atomic E-state index is 14.8. The molecule has 2 aromatic rings. The summed E-state index contributed by atoms with van der Waals surface area (Å²) < 4.78 is 14.8. The van der Waals surface area contributed by atoms with Crippen LogP contribution in [0.2, 0.25) is 5.02 Å². The van der Waals surface area contributed by atoms with Crippen molar-refractivity contribution in [3.05, 3.63) is 58.1 Å². The molecular weight excluding hydrogens is 305 g/mol. The lowest BCUT2D eigenvalue weighted by atomic mass is 9.98. The second kappa shape index (κ2) is 6.85. The third-order valence-corrected chi connectivity index (χ3v) is 3.81. The minimum atomic E-state index is -0.614. The van der Waals surface area contributed by atoms with Gasteiger partial charge in [0.05, 0.1) is 22.5 Å². The van der Waals surface area contributed by atoms with E-state index in [1.807, 2.05) is 6.92 Å². The van der Waals surface area contributed by atoms with Gasteiger partial charge in [-0.1, -0.05) is 24.6 Å². The van der Waals surface area contributed by atoms with Crippen LogP contribution in [-0.2, 0) is 0 Å². The Morgan fingerprint density at radius 1 is 1.41 bits per heavy atom. The SMILES string of the molecule is CCC(NC)c1ccc(Cl)c(C(=O)c2ccc(N)cn2)c1F. The number of pyridine rings is 1. The summed E-state index contributed by atoms with van der Waals surface area (Å²) in [4.78, 5) is 16.4. The molecule has 1 heterocycles. The number of benzene rings is 1. The highest BCUT2D eigenvalue weighted by molar-refractivity contribution is 6.35. The third-order valence-electron chi connectivity index (χ3n) is 3.50. The molecule has 1 aromatic carbocycles. The normalized spacial score (nSPS) is 12.2. The molecule has 1 unspecified atom stereocenters. The van der Waals surface area contributed by atoms with E-state index in [2.05, 4.69) is 10.3 Å². The van der Waals surface area contributed by atoms with E-state index in [0.29, 0.717) is 17.7 Å². The number of halogens is 2. The van der Waals surface area contributed by atoms with E-state index in [1.165, 1.54) is 18.3 Å². The van der Waals surface area contributed by atoms with Crippen molar-refractivity contribution < 1.29 is 9.18 Å². The highest BCUT2D eigenvalue weighted by Gasteiger charge is 2.24. The van der Waals surface area contributed by atoms with Crippen molar-refractivity contribution in [2.75, 3.05) is 12.8 Å². The monoisotopic (exact) mass is 321 g/mol. The zero-order valence-electron chi connectivity index (χ0n) is 12.4. The van der Waals surface area contributed by atoms with E-state index < -0.39 is 11.6 Å². The Bertz CT molecular complexity index is 685. The number of aromatic nitrogens is 1. The van der Waals surface area contributed by atoms with Gasteiger partial charge in [-0.2, -0.15) is 0 Å². The van der Waals surface area contributed by atoms with Crippen LogP contribution in [0.1, 0.15) is 41.0 Å². The van der Waals surface area contributed by atoms with Gasteiger partial charge in [-0.15, -0.1) is 0 Å². The number of nitrogens with one attached hydrogen (secondary N) is 1. The fourth-order valence-electron chi connectivity index (χ4n) is 2.29. The van der Waals surface area contributed by atoms with Crippen LogP contribution in [0.25, 0.3) is 0 Å². The largest absolute Gasteiger partial charge is 0.397 e. The number of anilines is 1. The summed E-state index contributed by atoms with van der Waals surface area (Å²) in [7, 11) is 1.74. The number of hydrogen-bond donors (Lipinski definition) is 2. The number of nitrogen functional groups attached to an aromatic ring is 1. The number of carbonyl (C=O) groups is 1. The Morgan fingerprint density at radius 3 is 2.68 bits per heavy atom. The molecule has 0 aliphatic heterocycles. The first-order valence-electron chi connectivity index (χ1n) is 6.91. The van der Waals surface area contributed by atoms with Gasteiger partial charge >= 0.3 is 0 Å². The molecule has 0 aliphatic carbocycles. The van der Waals surface area contributed by atoms with Gasteiger partial charge in [0.1, 0.15) is 11.5 Å². The fourth-order valence-corrected chi connectivity index (χ4v) is 2.52. The Kier molecular flexibility index (Phi) is 5.11. The minimum Gasteiger partial charge on any atom is -0.397 e. The standard InChI is InChI=1S/C16H17ClFN3O/c1-3-12(20-2)10-5-6-11(17)14(15(10)18)16(22)13-7-4-9(19)8-21-13/h4-8,12,20H,3,19H2,1-2H3. The Balaban J connectivity index is 2.52. The van der Waals surface area contributed by atoms with Crippen LogP contribution in [0, 0.1) is 5.82 Å². The zero-order chi connectivity index (χ0) is 16.3. The number of hydrogen-bond acceptors (Lipinski definition) is 4. The molecular formula is C16H17ClFN3O. The molecule has 0 spiro atoms. The van der Waals surface area contributed by atoms with Crippen molar-refractivity contribution in [2.24, 2.45) is 0 Å². The number of rotatable bonds is 5. The van der Waals surface area contributed by atoms with Crippen molar-refractivity contribution in [3.63, 3.8) is 0 Å². The van der Waals surface area contributed by atoms with E-state index >= 15 is 0 Å². The second-order valence-electron chi connectivity index (χ2n) is 4.88. The summed E-state index contributed by atoms with van der Waals surface area (Å²) in [6, 6.07) is 5.93. The molecule has 4 nitrogen and oxygen atoms in total. The van der Waals surface area contributed by atoms with Gasteiger partial charge in [-0.05, 0) is 31.7 Å². The van der Waals surface area contributed by atoms with Crippen LogP contribution >= 0.6 is 11.6 Å². The average Bonchev–Trinajstić information content (AvgIpc) is 2.51. The summed E-state index contributed by atoms with van der Waals surface area (Å²) in [6.45, 7) is 1.93. The molecule has 1 atom stereocenters. The third kappa shape index (κ3) is 3.10. The summed E-state index contributed by atoms with van der Waals surface area (Å²) >= 11 is 6.03. The average molecular weight is 322 g/mol. The first-order valence-corrected chi connectivity index (χ1v) is 7.28. The first kappa shape index (κ1) is 16.4. The molecule has 1 aromatic heterocycles. The van der Waals surface area contributed by atoms with Crippen LogP contribution in [0.3, 0.4) is 0 Å². The van der Waals surface area contributed by atoms with Gasteiger partial charge in [0, 0.05) is 11.6 Å². The van der Waals surface area contributed by atoms with Crippen molar-refractivity contribution in [1.82, 2.24) is 10.3 Å². The highest BCUT2D eigenvalue weighted by atomic mass is 35.5. The molecule has 0 fully saturated rings. The molecule has 0 saturated heterocycles. The first-order chi connectivity index (χ1) is 10.5. The van der Waals surface area contributed by atoms with Gasteiger partial charge in [-0.3, -0.25) is 9.78 Å². The van der Waals surface area contributed by atoms with E-state index in [0.717, 1.165) is 0 Å². The summed E-state index contributed by atoms with van der Waals surface area (Å²) in [5, 5.41) is 3.08. The Hall–Kier alpha value is -1.98. The lowest BCUT2D eigenvalue weighted by molar-refractivity contribution is 0.103. The molecule has 0 radical (unpaired) electrons. The van der Waals surface area contributed by atoms with Crippen LogP contribution in [0.5, 0.6) is 0 Å². The molecule has 116 valence electrons. The molecule has 0 bridgehead atoms. The van der Waals surface area contributed by atoms with E-state index in [4.69, 9.17) is 17.3 Å². The van der Waals surface area contributed by atoms with E-state index in [9.17, 15) is 9.18 Å². The van der Waals surface area contributed by atoms with Crippen molar-refractivity contribution in [3.8, 4) is 0 Å². The number of nitrogens with two attached hydrogens (primary N) is 1. The van der Waals surface area contributed by atoms with Crippen LogP contribution in [-0.4, -0.2) is 17.8 Å². The molecule has 0 amide bonds. The van der Waals surface area contributed by atoms with Gasteiger partial charge in [-0.25, -0.2) is 4.39 Å².